The van der Waals surface area contributed by atoms with Gasteiger partial charge in [-0.15, -0.1) is 0 Å². The van der Waals surface area contributed by atoms with Crippen LogP contribution in [0.2, 0.25) is 0 Å². The maximum Gasteiger partial charge on any atom is 0.419 e. The van der Waals surface area contributed by atoms with E-state index in [1.807, 2.05) is 0 Å². The van der Waals surface area contributed by atoms with E-state index in [1.54, 1.807) is 41.5 Å². The Kier molecular flexibility index (Phi) is 6.10. The molecule has 2 atom stereocenters. The molecule has 0 saturated carbocycles. The Bertz CT molecular complexity index is 548. The number of ether oxygens (including phenoxy) is 3. The van der Waals surface area contributed by atoms with Crippen LogP contribution in [0, 0.1) is 0 Å². The average Bonchev–Trinajstić information content (AvgIpc) is 2.73. The van der Waals surface area contributed by atoms with E-state index in [-0.39, 0.29) is 13.2 Å². The fourth-order valence-corrected chi connectivity index (χ4v) is 2.34. The average molecular weight is 343 g/mol. The molecule has 9 heteroatoms. The van der Waals surface area contributed by atoms with E-state index in [4.69, 9.17) is 19.7 Å². The van der Waals surface area contributed by atoms with Crippen molar-refractivity contribution in [2.75, 3.05) is 13.2 Å². The van der Waals surface area contributed by atoms with E-state index in [0.717, 1.165) is 0 Å². The Labute approximate surface area is 141 Å². The first kappa shape index (κ1) is 20.1. The van der Waals surface area contributed by atoms with Crippen LogP contribution in [0.3, 0.4) is 0 Å². The number of carbonyl (C=O) groups excluding carboxylic acids is 2. The van der Waals surface area contributed by atoms with Crippen molar-refractivity contribution in [1.82, 2.24) is 4.90 Å². The molecular weight excluding hydrogens is 318 g/mol. The molecule has 0 spiro atoms. The second kappa shape index (κ2) is 7.29. The molecule has 1 rings (SSSR count). The fraction of sp³-hybridized carbons (Fsp3) is 0.800. The van der Waals surface area contributed by atoms with E-state index in [1.165, 1.54) is 4.90 Å². The molecule has 0 bridgehead atoms. The van der Waals surface area contributed by atoms with Gasteiger partial charge in [0.1, 0.15) is 11.3 Å². The predicted octanol–water partition coefficient (Wildman–Crippen LogP) is 0.953. The Morgan fingerprint density at radius 3 is 2.50 bits per heavy atom. The van der Waals surface area contributed by atoms with Crippen LogP contribution in [0.1, 0.15) is 41.5 Å². The van der Waals surface area contributed by atoms with Gasteiger partial charge in [-0.2, -0.15) is 4.79 Å². The number of aliphatic hydroxyl groups excluding tert-OH is 1. The van der Waals surface area contributed by atoms with Gasteiger partial charge in [-0.05, 0) is 41.5 Å². The summed E-state index contributed by atoms with van der Waals surface area (Å²) in [6.45, 7) is 9.94. The molecule has 1 fully saturated rings. The maximum atomic E-state index is 12.5. The van der Waals surface area contributed by atoms with E-state index in [2.05, 4.69) is 4.79 Å². The third kappa shape index (κ3) is 4.53. The van der Waals surface area contributed by atoms with Gasteiger partial charge in [0.25, 0.3) is 0 Å². The highest BCUT2D eigenvalue weighted by molar-refractivity contribution is 6.35. The van der Waals surface area contributed by atoms with Gasteiger partial charge in [-0.25, -0.2) is 9.59 Å². The first-order valence-corrected chi connectivity index (χ1v) is 7.68. The van der Waals surface area contributed by atoms with Crippen molar-refractivity contribution in [1.29, 1.82) is 0 Å². The molecule has 0 aromatic rings. The normalized spacial score (nSPS) is 21.0. The predicted molar refractivity (Wildman–Crippen MR) is 83.2 cm³/mol. The fourth-order valence-electron chi connectivity index (χ4n) is 2.34. The molecule has 1 N–H and O–H groups in total. The lowest BCUT2D eigenvalue weighted by atomic mass is 10.0. The van der Waals surface area contributed by atoms with Gasteiger partial charge in [0, 0.05) is 0 Å². The zero-order valence-electron chi connectivity index (χ0n) is 14.9. The highest BCUT2D eigenvalue weighted by Gasteiger charge is 2.52. The molecule has 1 saturated heterocycles. The van der Waals surface area contributed by atoms with Crippen molar-refractivity contribution in [3.63, 3.8) is 0 Å². The van der Waals surface area contributed by atoms with Gasteiger partial charge in [0.05, 0.1) is 19.3 Å². The van der Waals surface area contributed by atoms with Gasteiger partial charge in [0.2, 0.25) is 0 Å². The number of esters is 1. The standard InChI is InChI=1S/C15H25N3O6/c1-7-22-12(20)10(17-16)11(19)9-8-23-15(5,6)18(9)13(21)24-14(2,3)4/h9,11,19H,7-8H2,1-6H3/t9-,11?/m0/s1. The summed E-state index contributed by atoms with van der Waals surface area (Å²) in [6.07, 6.45) is -2.31. The minimum Gasteiger partial charge on any atom is -0.457 e. The second-order valence-electron chi connectivity index (χ2n) is 6.83. The quantitative estimate of drug-likeness (QED) is 0.351. The van der Waals surface area contributed by atoms with Crippen molar-refractivity contribution in [2.45, 2.75) is 65.0 Å². The van der Waals surface area contributed by atoms with Crippen LogP contribution in [0.5, 0.6) is 0 Å². The largest absolute Gasteiger partial charge is 0.457 e. The molecule has 1 aliphatic heterocycles. The van der Waals surface area contributed by atoms with E-state index >= 15 is 0 Å². The Balaban J connectivity index is 3.09. The van der Waals surface area contributed by atoms with Gasteiger partial charge in [0.15, 0.2) is 6.10 Å². The van der Waals surface area contributed by atoms with Crippen LogP contribution < -0.4 is 0 Å². The molecule has 1 unspecified atom stereocenters. The molecule has 1 aliphatic rings. The molecule has 0 aromatic carbocycles. The summed E-state index contributed by atoms with van der Waals surface area (Å²) in [7, 11) is 0. The van der Waals surface area contributed by atoms with E-state index < -0.39 is 41.2 Å². The van der Waals surface area contributed by atoms with Crippen molar-refractivity contribution in [2.24, 2.45) is 0 Å². The van der Waals surface area contributed by atoms with Crippen LogP contribution >= 0.6 is 0 Å². The lowest BCUT2D eigenvalue weighted by molar-refractivity contribution is -0.142. The highest BCUT2D eigenvalue weighted by atomic mass is 16.6. The molecule has 9 nitrogen and oxygen atoms in total. The summed E-state index contributed by atoms with van der Waals surface area (Å²) in [4.78, 5) is 28.3. The molecule has 0 aromatic heterocycles. The molecule has 0 radical (unpaired) electrons. The summed E-state index contributed by atoms with van der Waals surface area (Å²) >= 11 is 0. The summed E-state index contributed by atoms with van der Waals surface area (Å²) in [6, 6.07) is -0.967. The van der Waals surface area contributed by atoms with Crippen molar-refractivity contribution >= 4 is 17.8 Å². The smallest absolute Gasteiger partial charge is 0.419 e. The minimum absolute atomic E-state index is 0.0486. The second-order valence-corrected chi connectivity index (χ2v) is 6.83. The summed E-state index contributed by atoms with van der Waals surface area (Å²) in [5.74, 6) is -0.971. The van der Waals surface area contributed by atoms with Gasteiger partial charge in [-0.1, -0.05) is 0 Å². The van der Waals surface area contributed by atoms with Crippen LogP contribution in [-0.4, -0.2) is 69.3 Å². The SMILES string of the molecule is CCOC(=O)C(=[N+]=[N-])C(O)[C@@H]1COC(C)(C)N1C(=O)OC(C)(C)C. The first-order chi connectivity index (χ1) is 10.9. The maximum absolute atomic E-state index is 12.5. The molecule has 1 amide bonds. The van der Waals surface area contributed by atoms with Crippen LogP contribution in [-0.2, 0) is 19.0 Å². The van der Waals surface area contributed by atoms with Crippen LogP contribution in [0.15, 0.2) is 0 Å². The third-order valence-electron chi connectivity index (χ3n) is 3.35. The van der Waals surface area contributed by atoms with Gasteiger partial charge < -0.3 is 24.8 Å². The van der Waals surface area contributed by atoms with Crippen molar-refractivity contribution in [3.8, 4) is 0 Å². The van der Waals surface area contributed by atoms with E-state index in [0.29, 0.717) is 0 Å². The third-order valence-corrected chi connectivity index (χ3v) is 3.35. The molecule has 136 valence electrons. The van der Waals surface area contributed by atoms with Crippen LogP contribution in [0.4, 0.5) is 4.79 Å². The minimum atomic E-state index is -1.59. The zero-order chi connectivity index (χ0) is 18.7. The summed E-state index contributed by atoms with van der Waals surface area (Å²) < 4.78 is 15.6. The molecule has 24 heavy (non-hydrogen) atoms. The molecular formula is C15H25N3O6. The number of hydrogen-bond donors (Lipinski definition) is 1. The van der Waals surface area contributed by atoms with Crippen molar-refractivity contribution < 1.29 is 33.7 Å². The number of nitrogens with zero attached hydrogens (tertiary/aromatic N) is 3. The Hall–Kier alpha value is -1.96. The number of rotatable bonds is 4. The van der Waals surface area contributed by atoms with Crippen molar-refractivity contribution in [3.05, 3.63) is 5.53 Å². The number of amides is 1. The van der Waals surface area contributed by atoms with E-state index in [9.17, 15) is 14.7 Å². The molecule has 0 aliphatic carbocycles. The first-order valence-electron chi connectivity index (χ1n) is 7.68. The number of hydrogen-bond acceptors (Lipinski definition) is 6. The topological polar surface area (TPSA) is 122 Å². The van der Waals surface area contributed by atoms with Crippen LogP contribution in [0.25, 0.3) is 5.53 Å². The zero-order valence-corrected chi connectivity index (χ0v) is 14.9. The Morgan fingerprint density at radius 2 is 2.04 bits per heavy atom. The number of aliphatic hydroxyl groups is 1. The lowest BCUT2D eigenvalue weighted by Crippen LogP contribution is -2.56. The lowest BCUT2D eigenvalue weighted by Gasteiger charge is -2.35. The van der Waals surface area contributed by atoms with Gasteiger partial charge >= 0.3 is 17.8 Å². The highest BCUT2D eigenvalue weighted by Crippen LogP contribution is 2.31. The monoisotopic (exact) mass is 343 g/mol. The summed E-state index contributed by atoms with van der Waals surface area (Å²) in [5, 5.41) is 10.4. The Morgan fingerprint density at radius 1 is 1.46 bits per heavy atom. The summed E-state index contributed by atoms with van der Waals surface area (Å²) in [5.41, 5.74) is 6.63. The van der Waals surface area contributed by atoms with Gasteiger partial charge in [-0.3, -0.25) is 4.90 Å². The molecule has 1 heterocycles. The number of carbonyl (C=O) groups is 2.